The number of aromatic carboxylic acids is 1. The van der Waals surface area contributed by atoms with Gasteiger partial charge in [-0.2, -0.15) is 0 Å². The van der Waals surface area contributed by atoms with Crippen LogP contribution in [0.5, 0.6) is 5.75 Å². The first-order valence-electron chi connectivity index (χ1n) is 11.8. The number of benzene rings is 2. The third-order valence-electron chi connectivity index (χ3n) is 6.71. The van der Waals surface area contributed by atoms with Crippen LogP contribution in [0.4, 0.5) is 0 Å². The summed E-state index contributed by atoms with van der Waals surface area (Å²) in [5.74, 6) is 0.356. The van der Waals surface area contributed by atoms with Gasteiger partial charge in [0, 0.05) is 17.5 Å². The Morgan fingerprint density at radius 2 is 1.97 bits per heavy atom. The van der Waals surface area contributed by atoms with Crippen molar-refractivity contribution in [3.63, 3.8) is 0 Å². The average molecular weight is 432 g/mol. The quantitative estimate of drug-likeness (QED) is 0.503. The van der Waals surface area contributed by atoms with Crippen molar-refractivity contribution >= 4 is 5.97 Å². The summed E-state index contributed by atoms with van der Waals surface area (Å²) >= 11 is 0. The lowest BCUT2D eigenvalue weighted by Crippen LogP contribution is -2.34. The summed E-state index contributed by atoms with van der Waals surface area (Å²) in [5.41, 5.74) is 6.48. The summed E-state index contributed by atoms with van der Waals surface area (Å²) in [4.78, 5) is 12.3. The van der Waals surface area contributed by atoms with Gasteiger partial charge >= 0.3 is 5.97 Å². The van der Waals surface area contributed by atoms with E-state index >= 15 is 0 Å². The molecule has 1 aliphatic heterocycles. The van der Waals surface area contributed by atoms with E-state index in [4.69, 9.17) is 4.74 Å². The van der Waals surface area contributed by atoms with Gasteiger partial charge in [0.1, 0.15) is 11.9 Å². The van der Waals surface area contributed by atoms with Crippen molar-refractivity contribution in [3.05, 3.63) is 76.6 Å². The summed E-state index contributed by atoms with van der Waals surface area (Å²) in [6.45, 7) is 6.36. The van der Waals surface area contributed by atoms with Crippen molar-refractivity contribution in [1.82, 2.24) is 5.32 Å². The number of carboxylic acids is 1. The van der Waals surface area contributed by atoms with Crippen molar-refractivity contribution < 1.29 is 14.6 Å². The molecule has 2 N–H and O–H groups in total. The van der Waals surface area contributed by atoms with Gasteiger partial charge in [0.25, 0.3) is 0 Å². The molecule has 2 aromatic carbocycles. The molecular formula is C28H33NO3. The highest BCUT2D eigenvalue weighted by Gasteiger charge is 2.32. The molecule has 2 aliphatic rings. The molecule has 0 saturated heterocycles. The Kier molecular flexibility index (Phi) is 6.69. The van der Waals surface area contributed by atoms with Gasteiger partial charge in [-0.15, -0.1) is 0 Å². The second-order valence-corrected chi connectivity index (χ2v) is 9.10. The number of dihydropyridines is 1. The van der Waals surface area contributed by atoms with Gasteiger partial charge in [-0.1, -0.05) is 50.6 Å². The summed E-state index contributed by atoms with van der Waals surface area (Å²) in [5, 5.41) is 13.6. The lowest BCUT2D eigenvalue weighted by Gasteiger charge is -2.36. The number of rotatable bonds is 7. The fourth-order valence-corrected chi connectivity index (χ4v) is 4.87. The molecule has 4 heteroatoms. The summed E-state index contributed by atoms with van der Waals surface area (Å²) in [7, 11) is 0. The van der Waals surface area contributed by atoms with Gasteiger partial charge in [0.05, 0.1) is 5.56 Å². The molecule has 0 bridgehead atoms. The summed E-state index contributed by atoms with van der Waals surface area (Å²) in [6, 6.07) is 13.5. The van der Waals surface area contributed by atoms with Crippen molar-refractivity contribution in [2.75, 3.05) is 0 Å². The molecule has 1 aliphatic carbocycles. The molecule has 4 nitrogen and oxygen atoms in total. The maximum Gasteiger partial charge on any atom is 0.336 e. The minimum absolute atomic E-state index is 0.122. The van der Waals surface area contributed by atoms with Crippen LogP contribution in [0, 0.1) is 12.8 Å². The van der Waals surface area contributed by atoms with Crippen LogP contribution in [0.2, 0.25) is 0 Å². The Morgan fingerprint density at radius 3 is 2.69 bits per heavy atom. The predicted octanol–water partition coefficient (Wildman–Crippen LogP) is 6.86. The van der Waals surface area contributed by atoms with Crippen LogP contribution >= 0.6 is 0 Å². The maximum atomic E-state index is 12.3. The second-order valence-electron chi connectivity index (χ2n) is 9.10. The van der Waals surface area contributed by atoms with Crippen LogP contribution in [0.1, 0.15) is 68.3 Å². The van der Waals surface area contributed by atoms with Crippen molar-refractivity contribution in [1.29, 1.82) is 0 Å². The van der Waals surface area contributed by atoms with Crippen molar-refractivity contribution in [3.8, 4) is 16.9 Å². The third kappa shape index (κ3) is 4.45. The number of carboxylic acid groups (broad SMARTS) is 1. The van der Waals surface area contributed by atoms with Crippen molar-refractivity contribution in [2.45, 2.75) is 65.4 Å². The summed E-state index contributed by atoms with van der Waals surface area (Å²) < 4.78 is 6.67. The molecule has 2 atom stereocenters. The second kappa shape index (κ2) is 9.64. The minimum atomic E-state index is -0.926. The predicted molar refractivity (Wildman–Crippen MR) is 129 cm³/mol. The fraction of sp³-hybridized carbons (Fsp3) is 0.393. The number of hydrogen-bond acceptors (Lipinski definition) is 3. The molecular weight excluding hydrogens is 398 g/mol. The largest absolute Gasteiger partial charge is 0.481 e. The fourth-order valence-electron chi connectivity index (χ4n) is 4.87. The van der Waals surface area contributed by atoms with Gasteiger partial charge in [0.15, 0.2) is 0 Å². The zero-order valence-electron chi connectivity index (χ0n) is 19.3. The van der Waals surface area contributed by atoms with E-state index in [1.54, 1.807) is 0 Å². The highest BCUT2D eigenvalue weighted by atomic mass is 16.5. The van der Waals surface area contributed by atoms with E-state index in [9.17, 15) is 9.90 Å². The molecule has 0 spiro atoms. The van der Waals surface area contributed by atoms with E-state index in [-0.39, 0.29) is 6.10 Å². The van der Waals surface area contributed by atoms with Crippen LogP contribution in [0.3, 0.4) is 0 Å². The number of nitrogens with one attached hydrogen (secondary N) is 1. The molecule has 2 aromatic rings. The van der Waals surface area contributed by atoms with Gasteiger partial charge in [-0.3, -0.25) is 0 Å². The van der Waals surface area contributed by atoms with Crippen LogP contribution in [-0.2, 0) is 0 Å². The van der Waals surface area contributed by atoms with E-state index in [2.05, 4.69) is 25.4 Å². The maximum absolute atomic E-state index is 12.3. The number of carbonyl (C=O) groups is 1. The monoisotopic (exact) mass is 431 g/mol. The number of ether oxygens (including phenoxy) is 1. The van der Waals surface area contributed by atoms with Gasteiger partial charge in [-0.05, 0) is 79.4 Å². The van der Waals surface area contributed by atoms with Gasteiger partial charge in [0.2, 0.25) is 0 Å². The number of hydrogen-bond donors (Lipinski definition) is 2. The highest BCUT2D eigenvalue weighted by Crippen LogP contribution is 2.39. The molecule has 2 unspecified atom stereocenters. The Labute approximate surface area is 191 Å². The standard InChI is InChI=1S/C28H33NO3/c1-4-5-9-21-17-29-24-14-12-18(2)16-23(24)27(21)32-25-15-13-22(20-10-7-6-8-11-20)26(19(25)3)28(30)31/h6-8,10-11,13,15,17-18,27,29H,4-5,9,12,14,16H2,1-3H3,(H,30,31). The Hall–Kier alpha value is -3.01. The molecule has 0 saturated carbocycles. The first-order valence-corrected chi connectivity index (χ1v) is 11.8. The Morgan fingerprint density at radius 1 is 1.19 bits per heavy atom. The van der Waals surface area contributed by atoms with Gasteiger partial charge in [-0.25, -0.2) is 4.79 Å². The van der Waals surface area contributed by atoms with Crippen LogP contribution in [0.25, 0.3) is 11.1 Å². The lowest BCUT2D eigenvalue weighted by molar-refractivity contribution is 0.0696. The van der Waals surface area contributed by atoms with Crippen LogP contribution < -0.4 is 10.1 Å². The van der Waals surface area contributed by atoms with E-state index < -0.39 is 5.97 Å². The number of unbranched alkanes of at least 4 members (excludes halogenated alkanes) is 1. The topological polar surface area (TPSA) is 58.6 Å². The third-order valence-corrected chi connectivity index (χ3v) is 6.71. The highest BCUT2D eigenvalue weighted by molar-refractivity contribution is 5.98. The van der Waals surface area contributed by atoms with E-state index in [0.717, 1.165) is 43.2 Å². The van der Waals surface area contributed by atoms with Gasteiger partial charge < -0.3 is 15.2 Å². The first-order chi connectivity index (χ1) is 15.5. The Balaban J connectivity index is 1.73. The molecule has 1 heterocycles. The molecule has 0 amide bonds. The van der Waals surface area contributed by atoms with E-state index in [0.29, 0.717) is 22.8 Å². The van der Waals surface area contributed by atoms with Crippen LogP contribution in [-0.4, -0.2) is 17.2 Å². The molecule has 0 radical (unpaired) electrons. The van der Waals surface area contributed by atoms with Crippen molar-refractivity contribution in [2.24, 2.45) is 5.92 Å². The molecule has 168 valence electrons. The molecule has 0 aromatic heterocycles. The van der Waals surface area contributed by atoms with E-state index in [1.165, 1.54) is 23.3 Å². The smallest absolute Gasteiger partial charge is 0.336 e. The van der Waals surface area contributed by atoms with Crippen LogP contribution in [0.15, 0.2) is 65.5 Å². The Bertz CT molecular complexity index is 1050. The minimum Gasteiger partial charge on any atom is -0.481 e. The first kappa shape index (κ1) is 22.2. The molecule has 32 heavy (non-hydrogen) atoms. The SMILES string of the molecule is CCCCC1=CNC2=C(CC(C)CC2)C1Oc1ccc(-c2ccccc2)c(C(=O)O)c1C. The normalized spacial score (nSPS) is 20.3. The average Bonchev–Trinajstić information content (AvgIpc) is 2.79. The molecule has 4 rings (SSSR count). The summed E-state index contributed by atoms with van der Waals surface area (Å²) in [6.07, 6.45) is 8.46. The van der Waals surface area contributed by atoms with E-state index in [1.807, 2.05) is 49.4 Å². The number of allylic oxidation sites excluding steroid dienone is 1. The molecule has 0 fully saturated rings. The lowest BCUT2D eigenvalue weighted by atomic mass is 9.81. The zero-order valence-corrected chi connectivity index (χ0v) is 19.3. The zero-order chi connectivity index (χ0) is 22.7.